The van der Waals surface area contributed by atoms with Gasteiger partial charge >= 0.3 is 0 Å². The van der Waals surface area contributed by atoms with Gasteiger partial charge in [0.25, 0.3) is 0 Å². The molecule has 10 heteroatoms. The number of fused-ring (bicyclic) bond motifs is 1. The average molecular weight is 396 g/mol. The van der Waals surface area contributed by atoms with E-state index >= 15 is 0 Å². The molecular formula is C19H24N8O2. The molecule has 0 atom stereocenters. The number of nitrogens with one attached hydrogen (secondary N) is 1. The fourth-order valence-corrected chi connectivity index (χ4v) is 3.90. The molecule has 3 aromatic heterocycles. The largest absolute Gasteiger partial charge is 0.474 e. The maximum absolute atomic E-state index is 6.39. The van der Waals surface area contributed by atoms with Crippen LogP contribution in [0.25, 0.3) is 22.3 Å². The van der Waals surface area contributed by atoms with Crippen molar-refractivity contribution in [2.24, 2.45) is 5.73 Å². The van der Waals surface area contributed by atoms with Crippen LogP contribution in [-0.2, 0) is 4.74 Å². The zero-order valence-corrected chi connectivity index (χ0v) is 16.1. The summed E-state index contributed by atoms with van der Waals surface area (Å²) in [7, 11) is 0. The van der Waals surface area contributed by atoms with Crippen LogP contribution in [0.4, 0.5) is 5.82 Å². The molecule has 3 aromatic rings. The highest BCUT2D eigenvalue weighted by Crippen LogP contribution is 2.32. The molecule has 0 aromatic carbocycles. The quantitative estimate of drug-likeness (QED) is 0.670. The number of nitrogens with two attached hydrogens (primary N) is 1. The Morgan fingerprint density at radius 3 is 2.72 bits per heavy atom. The number of anilines is 1. The topological polar surface area (TPSA) is 128 Å². The molecule has 2 fully saturated rings. The van der Waals surface area contributed by atoms with Gasteiger partial charge in [-0.15, -0.1) is 10.2 Å². The minimum Gasteiger partial charge on any atom is -0.474 e. The Kier molecular flexibility index (Phi) is 4.94. The van der Waals surface area contributed by atoms with Gasteiger partial charge in [0.1, 0.15) is 11.9 Å². The van der Waals surface area contributed by atoms with Gasteiger partial charge in [0.2, 0.25) is 11.7 Å². The van der Waals surface area contributed by atoms with Crippen LogP contribution < -0.4 is 15.4 Å². The molecule has 1 saturated carbocycles. The first-order valence-corrected chi connectivity index (χ1v) is 10.1. The summed E-state index contributed by atoms with van der Waals surface area (Å²) >= 11 is 0. The molecule has 1 aliphatic heterocycles. The second-order valence-corrected chi connectivity index (χ2v) is 7.57. The van der Waals surface area contributed by atoms with Crippen molar-refractivity contribution in [3.63, 3.8) is 0 Å². The fourth-order valence-electron chi connectivity index (χ4n) is 3.90. The Bertz CT molecular complexity index is 966. The number of hydrogen-bond acceptors (Lipinski definition) is 9. The van der Waals surface area contributed by atoms with Crippen LogP contribution in [0.2, 0.25) is 0 Å². The lowest BCUT2D eigenvalue weighted by atomic mass is 9.94. The first-order valence-electron chi connectivity index (χ1n) is 10.1. The van der Waals surface area contributed by atoms with Crippen LogP contribution in [0.1, 0.15) is 25.7 Å². The van der Waals surface area contributed by atoms with Crippen LogP contribution in [0.15, 0.2) is 18.3 Å². The first-order chi connectivity index (χ1) is 14.3. The molecule has 0 amide bonds. The van der Waals surface area contributed by atoms with E-state index in [9.17, 15) is 0 Å². The van der Waals surface area contributed by atoms with Gasteiger partial charge < -0.3 is 20.1 Å². The van der Waals surface area contributed by atoms with Crippen LogP contribution in [0.5, 0.6) is 5.88 Å². The Labute approximate surface area is 167 Å². The van der Waals surface area contributed by atoms with Crippen molar-refractivity contribution in [2.75, 3.05) is 31.2 Å². The van der Waals surface area contributed by atoms with Gasteiger partial charge in [0.15, 0.2) is 0 Å². The van der Waals surface area contributed by atoms with Crippen molar-refractivity contribution in [3.05, 3.63) is 18.3 Å². The standard InChI is InChI=1S/C19H24N8O2/c20-13-1-3-14(4-2-13)29-19-15-9-12(18-23-25-26-24-18)11-21-16(15)10-17(22-19)27-5-7-28-8-6-27/h9-11,13-14H,1-8,20H2,(H,23,24,25,26)/t13-,14+. The van der Waals surface area contributed by atoms with Gasteiger partial charge in [-0.1, -0.05) is 0 Å². The lowest BCUT2D eigenvalue weighted by molar-refractivity contribution is 0.122. The van der Waals surface area contributed by atoms with Crippen molar-refractivity contribution >= 4 is 16.7 Å². The van der Waals surface area contributed by atoms with Crippen molar-refractivity contribution in [3.8, 4) is 17.3 Å². The monoisotopic (exact) mass is 396 g/mol. The molecular weight excluding hydrogens is 372 g/mol. The number of tetrazole rings is 1. The van der Waals surface area contributed by atoms with Crippen LogP contribution in [0, 0.1) is 0 Å². The third-order valence-corrected chi connectivity index (χ3v) is 5.57. The van der Waals surface area contributed by atoms with E-state index in [0.29, 0.717) is 24.9 Å². The lowest BCUT2D eigenvalue weighted by Gasteiger charge is -2.30. The number of aromatic amines is 1. The summed E-state index contributed by atoms with van der Waals surface area (Å²) in [4.78, 5) is 11.7. The smallest absolute Gasteiger partial charge is 0.225 e. The Balaban J connectivity index is 1.54. The molecule has 0 bridgehead atoms. The first kappa shape index (κ1) is 18.2. The molecule has 152 valence electrons. The molecule has 0 unspecified atom stereocenters. The highest BCUT2D eigenvalue weighted by Gasteiger charge is 2.23. The van der Waals surface area contributed by atoms with E-state index in [2.05, 4.69) is 30.5 Å². The van der Waals surface area contributed by atoms with E-state index in [-0.39, 0.29) is 12.1 Å². The van der Waals surface area contributed by atoms with Crippen LogP contribution in [-0.4, -0.2) is 69.0 Å². The number of ether oxygens (including phenoxy) is 2. The maximum Gasteiger partial charge on any atom is 0.225 e. The summed E-state index contributed by atoms with van der Waals surface area (Å²) in [6, 6.07) is 4.24. The molecule has 29 heavy (non-hydrogen) atoms. The number of morpholine rings is 1. The predicted octanol–water partition coefficient (Wildman–Crippen LogP) is 1.30. The molecule has 2 aliphatic rings. The summed E-state index contributed by atoms with van der Waals surface area (Å²) in [6.07, 6.45) is 5.67. The Morgan fingerprint density at radius 2 is 1.97 bits per heavy atom. The van der Waals surface area contributed by atoms with Gasteiger partial charge in [0, 0.05) is 37.0 Å². The summed E-state index contributed by atoms with van der Waals surface area (Å²) in [5.41, 5.74) is 7.65. The van der Waals surface area contributed by atoms with Gasteiger partial charge in [-0.25, -0.2) is 0 Å². The van der Waals surface area contributed by atoms with Crippen molar-refractivity contribution in [1.82, 2.24) is 30.6 Å². The highest BCUT2D eigenvalue weighted by molar-refractivity contribution is 5.88. The zero-order chi connectivity index (χ0) is 19.6. The van der Waals surface area contributed by atoms with Crippen LogP contribution in [0.3, 0.4) is 0 Å². The molecule has 5 rings (SSSR count). The van der Waals surface area contributed by atoms with Crippen molar-refractivity contribution in [1.29, 1.82) is 0 Å². The van der Waals surface area contributed by atoms with E-state index in [1.165, 1.54) is 0 Å². The summed E-state index contributed by atoms with van der Waals surface area (Å²) < 4.78 is 11.9. The second-order valence-electron chi connectivity index (χ2n) is 7.57. The van der Waals surface area contributed by atoms with Crippen molar-refractivity contribution in [2.45, 2.75) is 37.8 Å². The van der Waals surface area contributed by atoms with Gasteiger partial charge in [-0.05, 0) is 37.0 Å². The normalized spacial score (nSPS) is 22.7. The minimum absolute atomic E-state index is 0.110. The number of nitrogens with zero attached hydrogens (tertiary/aromatic N) is 6. The predicted molar refractivity (Wildman–Crippen MR) is 107 cm³/mol. The maximum atomic E-state index is 6.39. The number of H-pyrrole nitrogens is 1. The minimum atomic E-state index is 0.110. The zero-order valence-electron chi connectivity index (χ0n) is 16.1. The number of hydrogen-bond donors (Lipinski definition) is 2. The van der Waals surface area contributed by atoms with Crippen molar-refractivity contribution < 1.29 is 9.47 Å². The Hall–Kier alpha value is -2.85. The third-order valence-electron chi connectivity index (χ3n) is 5.57. The van der Waals surface area contributed by atoms with Gasteiger partial charge in [-0.2, -0.15) is 10.2 Å². The lowest BCUT2D eigenvalue weighted by Crippen LogP contribution is -2.37. The van der Waals surface area contributed by atoms with E-state index < -0.39 is 0 Å². The second kappa shape index (κ2) is 7.88. The average Bonchev–Trinajstić information content (AvgIpc) is 3.30. The summed E-state index contributed by atoms with van der Waals surface area (Å²) in [5, 5.41) is 15.1. The summed E-state index contributed by atoms with van der Waals surface area (Å²) in [6.45, 7) is 3.00. The third kappa shape index (κ3) is 3.85. The fraction of sp³-hybridized carbons (Fsp3) is 0.526. The van der Waals surface area contributed by atoms with Gasteiger partial charge in [0.05, 0.1) is 24.1 Å². The molecule has 4 heterocycles. The number of aromatic nitrogens is 6. The molecule has 1 aliphatic carbocycles. The number of pyridine rings is 2. The van der Waals surface area contributed by atoms with E-state index in [1.807, 2.05) is 12.1 Å². The van der Waals surface area contributed by atoms with E-state index in [1.54, 1.807) is 6.20 Å². The van der Waals surface area contributed by atoms with E-state index in [4.69, 9.17) is 20.2 Å². The molecule has 3 N–H and O–H groups in total. The number of rotatable bonds is 4. The Morgan fingerprint density at radius 1 is 1.14 bits per heavy atom. The molecule has 0 radical (unpaired) electrons. The highest BCUT2D eigenvalue weighted by atomic mass is 16.5. The molecule has 10 nitrogen and oxygen atoms in total. The van der Waals surface area contributed by atoms with E-state index in [0.717, 1.165) is 61.1 Å². The summed E-state index contributed by atoms with van der Waals surface area (Å²) in [5.74, 6) is 1.96. The SMILES string of the molecule is N[C@H]1CC[C@@H](Oc2nc(N3CCOCC3)cc3ncc(-c4nn[nH]n4)cc23)CC1. The van der Waals surface area contributed by atoms with Crippen LogP contribution >= 0.6 is 0 Å². The molecule has 0 spiro atoms. The van der Waals surface area contributed by atoms with Gasteiger partial charge in [-0.3, -0.25) is 4.98 Å². The molecule has 1 saturated heterocycles.